The highest BCUT2D eigenvalue weighted by Gasteiger charge is 2.12. The number of carbonyl (C=O) groups excluding carboxylic acids is 1. The molecule has 1 amide bonds. The van der Waals surface area contributed by atoms with Crippen molar-refractivity contribution >= 4 is 50.2 Å². The first-order chi connectivity index (χ1) is 12.6. The summed E-state index contributed by atoms with van der Waals surface area (Å²) in [4.78, 5) is 29.5. The fraction of sp³-hybridized carbons (Fsp3) is 0.211. The second-order valence-electron chi connectivity index (χ2n) is 5.71. The Hall–Kier alpha value is -2.12. The molecule has 0 aliphatic carbocycles. The van der Waals surface area contributed by atoms with Crippen LogP contribution in [0.15, 0.2) is 63.0 Å². The third kappa shape index (κ3) is 4.34. The maximum absolute atomic E-state index is 12.7. The highest BCUT2D eigenvalue weighted by Crippen LogP contribution is 2.19. The van der Waals surface area contributed by atoms with Crippen LogP contribution >= 0.6 is 27.7 Å². The van der Waals surface area contributed by atoms with Crippen LogP contribution in [-0.2, 0) is 11.3 Å². The van der Waals surface area contributed by atoms with Crippen LogP contribution in [0.4, 0.5) is 5.69 Å². The van der Waals surface area contributed by atoms with E-state index in [9.17, 15) is 9.59 Å². The molecule has 3 aromatic rings. The molecule has 134 valence electrons. The van der Waals surface area contributed by atoms with Crippen molar-refractivity contribution in [3.8, 4) is 0 Å². The van der Waals surface area contributed by atoms with Gasteiger partial charge in [-0.05, 0) is 42.8 Å². The van der Waals surface area contributed by atoms with Crippen LogP contribution in [0.25, 0.3) is 10.9 Å². The molecule has 26 heavy (non-hydrogen) atoms. The van der Waals surface area contributed by atoms with Gasteiger partial charge in [0, 0.05) is 16.7 Å². The normalized spacial score (nSPS) is 10.8. The van der Waals surface area contributed by atoms with Crippen LogP contribution in [-0.4, -0.2) is 21.2 Å². The molecule has 3 rings (SSSR count). The Morgan fingerprint density at radius 2 is 1.92 bits per heavy atom. The van der Waals surface area contributed by atoms with Gasteiger partial charge in [-0.1, -0.05) is 46.7 Å². The molecule has 0 atom stereocenters. The Kier molecular flexibility index (Phi) is 6.11. The lowest BCUT2D eigenvalue weighted by atomic mass is 10.2. The average Bonchev–Trinajstić information content (AvgIpc) is 2.64. The summed E-state index contributed by atoms with van der Waals surface area (Å²) >= 11 is 4.64. The van der Waals surface area contributed by atoms with E-state index in [-0.39, 0.29) is 17.2 Å². The summed E-state index contributed by atoms with van der Waals surface area (Å²) in [6.07, 6.45) is 0.818. The molecule has 0 unspecified atom stereocenters. The van der Waals surface area contributed by atoms with Crippen LogP contribution < -0.4 is 10.9 Å². The number of amides is 1. The minimum atomic E-state index is -0.136. The highest BCUT2D eigenvalue weighted by atomic mass is 79.9. The van der Waals surface area contributed by atoms with Crippen molar-refractivity contribution in [3.05, 3.63) is 63.4 Å². The zero-order valence-electron chi connectivity index (χ0n) is 14.2. The van der Waals surface area contributed by atoms with Gasteiger partial charge in [-0.15, -0.1) is 0 Å². The summed E-state index contributed by atoms with van der Waals surface area (Å²) in [7, 11) is 0. The summed E-state index contributed by atoms with van der Waals surface area (Å²) in [5.74, 6) is 0.0488. The summed E-state index contributed by atoms with van der Waals surface area (Å²) in [5, 5.41) is 4.02. The van der Waals surface area contributed by atoms with Crippen LogP contribution in [0, 0.1) is 0 Å². The molecule has 1 N–H and O–H groups in total. The number of para-hydroxylation sites is 1. The van der Waals surface area contributed by atoms with E-state index < -0.39 is 0 Å². The van der Waals surface area contributed by atoms with E-state index in [4.69, 9.17) is 0 Å². The van der Waals surface area contributed by atoms with Crippen LogP contribution in [0.3, 0.4) is 0 Å². The average molecular weight is 432 g/mol. The number of aromatic nitrogens is 2. The van der Waals surface area contributed by atoms with Gasteiger partial charge in [-0.3, -0.25) is 14.2 Å². The van der Waals surface area contributed by atoms with Gasteiger partial charge in [0.25, 0.3) is 5.56 Å². The van der Waals surface area contributed by atoms with E-state index in [1.807, 2.05) is 49.4 Å². The van der Waals surface area contributed by atoms with Crippen molar-refractivity contribution in [2.24, 2.45) is 0 Å². The molecule has 2 aromatic carbocycles. The lowest BCUT2D eigenvalue weighted by Gasteiger charge is -2.12. The van der Waals surface area contributed by atoms with E-state index >= 15 is 0 Å². The zero-order valence-corrected chi connectivity index (χ0v) is 16.6. The Bertz CT molecular complexity index is 986. The van der Waals surface area contributed by atoms with Gasteiger partial charge in [0.2, 0.25) is 5.91 Å². The molecule has 0 saturated carbocycles. The van der Waals surface area contributed by atoms with Crippen molar-refractivity contribution in [1.29, 1.82) is 0 Å². The third-order valence-electron chi connectivity index (χ3n) is 3.73. The number of carbonyl (C=O) groups is 1. The van der Waals surface area contributed by atoms with E-state index in [2.05, 4.69) is 26.2 Å². The van der Waals surface area contributed by atoms with E-state index in [1.54, 1.807) is 10.6 Å². The van der Waals surface area contributed by atoms with Crippen LogP contribution in [0.5, 0.6) is 0 Å². The van der Waals surface area contributed by atoms with Gasteiger partial charge in [0.15, 0.2) is 5.16 Å². The summed E-state index contributed by atoms with van der Waals surface area (Å²) in [6, 6.07) is 14.7. The number of rotatable bonds is 6. The highest BCUT2D eigenvalue weighted by molar-refractivity contribution is 9.10. The number of nitrogens with zero attached hydrogens (tertiary/aromatic N) is 2. The second kappa shape index (κ2) is 8.51. The summed E-state index contributed by atoms with van der Waals surface area (Å²) < 4.78 is 2.61. The predicted octanol–water partition coefficient (Wildman–Crippen LogP) is 4.30. The Labute approximate surface area is 164 Å². The first-order valence-electron chi connectivity index (χ1n) is 8.26. The zero-order chi connectivity index (χ0) is 18.5. The lowest BCUT2D eigenvalue weighted by Crippen LogP contribution is -2.24. The smallest absolute Gasteiger partial charge is 0.262 e. The second-order valence-corrected chi connectivity index (χ2v) is 7.57. The van der Waals surface area contributed by atoms with E-state index in [0.717, 1.165) is 16.6 Å². The molecule has 5 nitrogen and oxygen atoms in total. The molecule has 1 heterocycles. The largest absolute Gasteiger partial charge is 0.325 e. The Balaban J connectivity index is 1.79. The fourth-order valence-corrected chi connectivity index (χ4v) is 3.63. The minimum Gasteiger partial charge on any atom is -0.325 e. The lowest BCUT2D eigenvalue weighted by molar-refractivity contribution is -0.113. The molecule has 0 aliphatic rings. The molecule has 0 fully saturated rings. The van der Waals surface area contributed by atoms with Gasteiger partial charge >= 0.3 is 0 Å². The molecule has 7 heteroatoms. The Morgan fingerprint density at radius 3 is 2.65 bits per heavy atom. The molecule has 1 aromatic heterocycles. The number of halogens is 1. The van der Waals surface area contributed by atoms with Gasteiger partial charge in [0.1, 0.15) is 0 Å². The fourth-order valence-electron chi connectivity index (χ4n) is 2.54. The number of thioether (sulfide) groups is 1. The number of nitrogens with one attached hydrogen (secondary N) is 1. The molecule has 0 bridgehead atoms. The van der Waals surface area contributed by atoms with Crippen molar-refractivity contribution < 1.29 is 4.79 Å². The van der Waals surface area contributed by atoms with Crippen LogP contribution in [0.2, 0.25) is 0 Å². The van der Waals surface area contributed by atoms with Crippen molar-refractivity contribution in [1.82, 2.24) is 9.55 Å². The molecule has 0 saturated heterocycles. The summed E-state index contributed by atoms with van der Waals surface area (Å²) in [5.41, 5.74) is 1.32. The minimum absolute atomic E-state index is 0.0618. The number of anilines is 1. The SMILES string of the molecule is CCCn1c(SCC(=O)Nc2ccc(Br)cc2)nc2ccccc2c1=O. The van der Waals surface area contributed by atoms with E-state index in [1.165, 1.54) is 11.8 Å². The number of hydrogen-bond acceptors (Lipinski definition) is 4. The quantitative estimate of drug-likeness (QED) is 0.466. The van der Waals surface area contributed by atoms with Crippen LogP contribution in [0.1, 0.15) is 13.3 Å². The third-order valence-corrected chi connectivity index (χ3v) is 5.24. The first-order valence-corrected chi connectivity index (χ1v) is 10.0. The molecular formula is C19H18BrN3O2S. The molecule has 0 spiro atoms. The van der Waals surface area contributed by atoms with Crippen molar-refractivity contribution in [2.75, 3.05) is 11.1 Å². The Morgan fingerprint density at radius 1 is 1.19 bits per heavy atom. The topological polar surface area (TPSA) is 64.0 Å². The number of fused-ring (bicyclic) bond motifs is 1. The molecule has 0 aliphatic heterocycles. The maximum Gasteiger partial charge on any atom is 0.262 e. The number of benzene rings is 2. The van der Waals surface area contributed by atoms with Gasteiger partial charge < -0.3 is 5.32 Å². The van der Waals surface area contributed by atoms with E-state index in [0.29, 0.717) is 22.6 Å². The van der Waals surface area contributed by atoms with Gasteiger partial charge in [0.05, 0.1) is 16.7 Å². The summed E-state index contributed by atoms with van der Waals surface area (Å²) in [6.45, 7) is 2.59. The maximum atomic E-state index is 12.7. The molecular weight excluding hydrogens is 414 g/mol. The van der Waals surface area contributed by atoms with Gasteiger partial charge in [-0.2, -0.15) is 0 Å². The molecule has 0 radical (unpaired) electrons. The standard InChI is InChI=1S/C19H18BrN3O2S/c1-2-11-23-18(25)15-5-3-4-6-16(15)22-19(23)26-12-17(24)21-14-9-7-13(20)8-10-14/h3-10H,2,11-12H2,1H3,(H,21,24). The number of hydrogen-bond donors (Lipinski definition) is 1. The first kappa shape index (κ1) is 18.7. The van der Waals surface area contributed by atoms with Crippen molar-refractivity contribution in [3.63, 3.8) is 0 Å². The van der Waals surface area contributed by atoms with Gasteiger partial charge in [-0.25, -0.2) is 4.98 Å². The monoisotopic (exact) mass is 431 g/mol. The van der Waals surface area contributed by atoms with Crippen molar-refractivity contribution in [2.45, 2.75) is 25.0 Å². The predicted molar refractivity (Wildman–Crippen MR) is 110 cm³/mol.